The highest BCUT2D eigenvalue weighted by atomic mass is 79.9. The Kier molecular flexibility index (Phi) is 4.14. The summed E-state index contributed by atoms with van der Waals surface area (Å²) in [4.78, 5) is 27.1. The highest BCUT2D eigenvalue weighted by Gasteiger charge is 2.28. The van der Waals surface area contributed by atoms with Crippen molar-refractivity contribution < 1.29 is 18.9 Å². The number of nitro groups is 1. The van der Waals surface area contributed by atoms with Crippen LogP contribution in [0.15, 0.2) is 50.1 Å². The van der Waals surface area contributed by atoms with Crippen LogP contribution in [-0.4, -0.2) is 16.8 Å². The molecular weight excluding hydrogens is 448 g/mol. The first kappa shape index (κ1) is 17.0. The van der Waals surface area contributed by atoms with Crippen molar-refractivity contribution in [3.8, 4) is 0 Å². The van der Waals surface area contributed by atoms with E-state index in [1.807, 2.05) is 0 Å². The minimum Gasteiger partial charge on any atom is -0.450 e. The van der Waals surface area contributed by atoms with Gasteiger partial charge in [0.25, 0.3) is 5.69 Å². The van der Waals surface area contributed by atoms with Crippen molar-refractivity contribution in [2.24, 2.45) is 4.99 Å². The quantitative estimate of drug-likeness (QED) is 0.236. The second-order valence-corrected chi connectivity index (χ2v) is 7.37. The first-order chi connectivity index (χ1) is 12.4. The zero-order valence-electron chi connectivity index (χ0n) is 12.6. The number of hydrogen-bond donors (Lipinski definition) is 0. The lowest BCUT2D eigenvalue weighted by Gasteiger charge is -1.95. The smallest absolute Gasteiger partial charge is 0.363 e. The summed E-state index contributed by atoms with van der Waals surface area (Å²) in [6, 6.07) is 7.71. The number of hydrogen-bond acceptors (Lipinski definition) is 7. The third kappa shape index (κ3) is 2.94. The molecule has 0 unspecified atom stereocenters. The number of fused-ring (bicyclic) bond motifs is 1. The van der Waals surface area contributed by atoms with Gasteiger partial charge < -0.3 is 9.15 Å². The number of rotatable bonds is 3. The van der Waals surface area contributed by atoms with Crippen molar-refractivity contribution in [2.45, 2.75) is 0 Å². The molecule has 0 bridgehead atoms. The molecule has 0 radical (unpaired) electrons. The van der Waals surface area contributed by atoms with Crippen molar-refractivity contribution in [2.75, 3.05) is 0 Å². The molecule has 0 fully saturated rings. The fraction of sp³-hybridized carbons (Fsp3) is 0. The van der Waals surface area contributed by atoms with Gasteiger partial charge in [0.15, 0.2) is 10.4 Å². The third-order valence-electron chi connectivity index (χ3n) is 3.51. The lowest BCUT2D eigenvalue weighted by molar-refractivity contribution is -0.384. The van der Waals surface area contributed by atoms with E-state index in [1.54, 1.807) is 18.2 Å². The normalized spacial score (nSPS) is 15.5. The molecule has 1 aliphatic heterocycles. The maximum Gasteiger partial charge on any atom is 0.363 e. The third-order valence-corrected chi connectivity index (χ3v) is 5.58. The topological polar surface area (TPSA) is 94.9 Å². The van der Waals surface area contributed by atoms with Crippen LogP contribution in [0.1, 0.15) is 10.6 Å². The molecule has 0 saturated heterocycles. The van der Waals surface area contributed by atoms with Crippen molar-refractivity contribution in [1.82, 2.24) is 0 Å². The van der Waals surface area contributed by atoms with Gasteiger partial charge in [0.05, 0.1) is 9.95 Å². The Balaban J connectivity index is 1.76. The average Bonchev–Trinajstić information content (AvgIpc) is 3.26. The largest absolute Gasteiger partial charge is 0.450 e. The molecule has 0 saturated carbocycles. The van der Waals surface area contributed by atoms with Gasteiger partial charge >= 0.3 is 5.97 Å². The number of carbonyl (C=O) groups is 1. The van der Waals surface area contributed by atoms with Gasteiger partial charge in [-0.3, -0.25) is 10.1 Å². The Morgan fingerprint density at radius 2 is 2.12 bits per heavy atom. The molecule has 0 amide bonds. The molecule has 130 valence electrons. The van der Waals surface area contributed by atoms with E-state index in [-0.39, 0.29) is 17.3 Å². The molecule has 4 rings (SSSR count). The summed E-state index contributed by atoms with van der Waals surface area (Å²) in [5.74, 6) is -0.139. The van der Waals surface area contributed by atoms with Gasteiger partial charge in [-0.25, -0.2) is 9.79 Å². The number of thiophene rings is 1. The average molecular weight is 454 g/mol. The molecule has 0 atom stereocenters. The highest BCUT2D eigenvalue weighted by Crippen LogP contribution is 2.39. The molecule has 26 heavy (non-hydrogen) atoms. The first-order valence-electron chi connectivity index (χ1n) is 7.07. The summed E-state index contributed by atoms with van der Waals surface area (Å²) in [7, 11) is 0. The van der Waals surface area contributed by atoms with E-state index in [4.69, 9.17) is 20.8 Å². The Bertz CT molecular complexity index is 1150. The lowest BCUT2D eigenvalue weighted by atomic mass is 10.2. The molecule has 7 nitrogen and oxygen atoms in total. The Morgan fingerprint density at radius 1 is 1.31 bits per heavy atom. The SMILES string of the molecule is O=C1OC(c2sc3cc([N+](=O)[O-])ccc3c2Cl)=N/C1=C/c1ccc(Br)o1. The number of aliphatic imine (C=N–C) groups is 1. The van der Waals surface area contributed by atoms with Crippen molar-refractivity contribution in [1.29, 1.82) is 0 Å². The number of esters is 1. The van der Waals surface area contributed by atoms with Crippen LogP contribution in [0.4, 0.5) is 5.69 Å². The zero-order valence-corrected chi connectivity index (χ0v) is 15.7. The van der Waals surface area contributed by atoms with Crippen LogP contribution in [0.2, 0.25) is 5.02 Å². The van der Waals surface area contributed by atoms with Crippen LogP contribution >= 0.6 is 38.9 Å². The molecule has 1 aliphatic rings. The predicted molar refractivity (Wildman–Crippen MR) is 101 cm³/mol. The summed E-state index contributed by atoms with van der Waals surface area (Å²) >= 11 is 10.7. The lowest BCUT2D eigenvalue weighted by Crippen LogP contribution is -2.04. The number of carbonyl (C=O) groups excluding carboxylic acids is 1. The van der Waals surface area contributed by atoms with Gasteiger partial charge in [-0.1, -0.05) is 11.6 Å². The van der Waals surface area contributed by atoms with Crippen molar-refractivity contribution in [3.63, 3.8) is 0 Å². The number of furan rings is 1. The maximum absolute atomic E-state index is 12.1. The van der Waals surface area contributed by atoms with E-state index in [2.05, 4.69) is 20.9 Å². The second-order valence-electron chi connectivity index (χ2n) is 5.16. The van der Waals surface area contributed by atoms with E-state index in [9.17, 15) is 14.9 Å². The maximum atomic E-state index is 12.1. The Morgan fingerprint density at radius 3 is 2.81 bits per heavy atom. The second kappa shape index (κ2) is 6.35. The van der Waals surface area contributed by atoms with Crippen LogP contribution in [0.5, 0.6) is 0 Å². The van der Waals surface area contributed by atoms with E-state index >= 15 is 0 Å². The number of nitro benzene ring substituents is 1. The van der Waals surface area contributed by atoms with E-state index in [0.29, 0.717) is 30.4 Å². The first-order valence-corrected chi connectivity index (χ1v) is 9.06. The van der Waals surface area contributed by atoms with Gasteiger partial charge in [0.1, 0.15) is 10.6 Å². The number of halogens is 2. The molecule has 0 aliphatic carbocycles. The summed E-state index contributed by atoms with van der Waals surface area (Å²) in [5, 5.41) is 11.9. The minimum atomic E-state index is -0.632. The van der Waals surface area contributed by atoms with Crippen LogP contribution < -0.4 is 0 Å². The number of ether oxygens (including phenoxy) is 1. The molecule has 2 aromatic heterocycles. The van der Waals surface area contributed by atoms with E-state index < -0.39 is 10.9 Å². The Hall–Kier alpha value is -2.49. The number of nitrogens with zero attached hydrogens (tertiary/aromatic N) is 2. The van der Waals surface area contributed by atoms with Crippen molar-refractivity contribution in [3.05, 3.63) is 66.5 Å². The predicted octanol–water partition coefficient (Wildman–Crippen LogP) is 5.16. The van der Waals surface area contributed by atoms with Gasteiger partial charge in [-0.2, -0.15) is 0 Å². The molecule has 10 heteroatoms. The van der Waals surface area contributed by atoms with Gasteiger partial charge in [0.2, 0.25) is 5.90 Å². The van der Waals surface area contributed by atoms with Crippen LogP contribution in [0.3, 0.4) is 0 Å². The molecule has 3 aromatic rings. The fourth-order valence-electron chi connectivity index (χ4n) is 2.35. The van der Waals surface area contributed by atoms with Crippen LogP contribution in [0.25, 0.3) is 16.2 Å². The molecule has 0 spiro atoms. The van der Waals surface area contributed by atoms with E-state index in [0.717, 1.165) is 11.3 Å². The van der Waals surface area contributed by atoms with Gasteiger partial charge in [-0.15, -0.1) is 11.3 Å². The molecule has 1 aromatic carbocycles. The minimum absolute atomic E-state index is 0.0451. The molecular formula is C16H6BrClN2O5S. The summed E-state index contributed by atoms with van der Waals surface area (Å²) < 4.78 is 11.7. The van der Waals surface area contributed by atoms with Crippen LogP contribution in [-0.2, 0) is 9.53 Å². The summed E-state index contributed by atoms with van der Waals surface area (Å²) in [6.45, 7) is 0. The number of benzene rings is 1. The van der Waals surface area contributed by atoms with Crippen molar-refractivity contribution >= 4 is 72.6 Å². The Labute approximate surface area is 162 Å². The standard InChI is InChI=1S/C16H6BrClN2O5S/c17-12-4-2-8(24-12)6-10-16(21)25-15(19-10)14-13(18)9-3-1-7(20(22)23)5-11(9)26-14/h1-6H/b10-6+. The van der Waals surface area contributed by atoms with E-state index in [1.165, 1.54) is 18.2 Å². The van der Waals surface area contributed by atoms with Gasteiger partial charge in [0, 0.05) is 28.3 Å². The number of non-ortho nitro benzene ring substituents is 1. The zero-order chi connectivity index (χ0) is 18.4. The highest BCUT2D eigenvalue weighted by molar-refractivity contribution is 9.10. The molecule has 3 heterocycles. The van der Waals surface area contributed by atoms with Gasteiger partial charge in [-0.05, 0) is 34.1 Å². The summed E-state index contributed by atoms with van der Waals surface area (Å²) in [6.07, 6.45) is 1.45. The van der Waals surface area contributed by atoms with Crippen LogP contribution in [0, 0.1) is 10.1 Å². The monoisotopic (exact) mass is 452 g/mol. The molecule has 0 N–H and O–H groups in total. The summed E-state index contributed by atoms with van der Waals surface area (Å²) in [5.41, 5.74) is 0.0256. The number of cyclic esters (lactones) is 1. The fourth-order valence-corrected chi connectivity index (χ4v) is 4.14.